The number of benzene rings is 1. The van der Waals surface area contributed by atoms with Crippen molar-refractivity contribution in [1.29, 1.82) is 5.26 Å². The highest BCUT2D eigenvalue weighted by atomic mass is 16.5. The number of ether oxygens (including phenoxy) is 1. The van der Waals surface area contributed by atoms with E-state index in [0.29, 0.717) is 24.4 Å². The van der Waals surface area contributed by atoms with Crippen LogP contribution in [0.15, 0.2) is 49.6 Å². The highest BCUT2D eigenvalue weighted by Gasteiger charge is 2.11. The lowest BCUT2D eigenvalue weighted by molar-refractivity contribution is -0.132. The second kappa shape index (κ2) is 7.72. The average molecular weight is 256 g/mol. The quantitative estimate of drug-likeness (QED) is 0.702. The molecule has 19 heavy (non-hydrogen) atoms. The summed E-state index contributed by atoms with van der Waals surface area (Å²) < 4.78 is 5.37. The van der Waals surface area contributed by atoms with Crippen LogP contribution in [0.1, 0.15) is 5.56 Å². The molecule has 0 unspecified atom stereocenters. The number of hydrogen-bond acceptors (Lipinski definition) is 3. The molecule has 1 aromatic rings. The first-order chi connectivity index (χ1) is 9.21. The molecule has 0 aliphatic rings. The smallest absolute Gasteiger partial charge is 0.261 e. The molecule has 0 aliphatic heterocycles. The SMILES string of the molecule is C=CCN(CC=C)C(=O)COc1cccc(C#N)c1. The van der Waals surface area contributed by atoms with Crippen LogP contribution < -0.4 is 4.74 Å². The first kappa shape index (κ1) is 14.5. The first-order valence-electron chi connectivity index (χ1n) is 5.83. The summed E-state index contributed by atoms with van der Waals surface area (Å²) in [6, 6.07) is 8.71. The summed E-state index contributed by atoms with van der Waals surface area (Å²) in [5, 5.41) is 8.76. The van der Waals surface area contributed by atoms with Crippen LogP contribution in [0.25, 0.3) is 0 Å². The van der Waals surface area contributed by atoms with Crippen LogP contribution in [0.4, 0.5) is 0 Å². The largest absolute Gasteiger partial charge is 0.484 e. The van der Waals surface area contributed by atoms with E-state index in [1.165, 1.54) is 0 Å². The highest BCUT2D eigenvalue weighted by molar-refractivity contribution is 5.78. The summed E-state index contributed by atoms with van der Waals surface area (Å²) in [5.41, 5.74) is 0.499. The molecule has 0 saturated carbocycles. The number of rotatable bonds is 7. The molecule has 0 spiro atoms. The van der Waals surface area contributed by atoms with Gasteiger partial charge in [0.05, 0.1) is 11.6 Å². The van der Waals surface area contributed by atoms with Crippen LogP contribution in [0.5, 0.6) is 5.75 Å². The van der Waals surface area contributed by atoms with E-state index in [2.05, 4.69) is 13.2 Å². The van der Waals surface area contributed by atoms with Gasteiger partial charge in [-0.05, 0) is 18.2 Å². The third kappa shape index (κ3) is 4.68. The maximum Gasteiger partial charge on any atom is 0.261 e. The Morgan fingerprint density at radius 1 is 1.37 bits per heavy atom. The molecule has 0 heterocycles. The molecule has 0 aromatic heterocycles. The molecular weight excluding hydrogens is 240 g/mol. The van der Waals surface area contributed by atoms with Crippen LogP contribution in [0.3, 0.4) is 0 Å². The molecule has 4 nitrogen and oxygen atoms in total. The van der Waals surface area contributed by atoms with Gasteiger partial charge in [-0.1, -0.05) is 18.2 Å². The number of hydrogen-bond donors (Lipinski definition) is 0. The number of nitriles is 1. The third-order valence-electron chi connectivity index (χ3n) is 2.38. The van der Waals surface area contributed by atoms with Crippen LogP contribution in [-0.2, 0) is 4.79 Å². The molecule has 0 N–H and O–H groups in total. The van der Waals surface area contributed by atoms with Crippen molar-refractivity contribution in [3.63, 3.8) is 0 Å². The van der Waals surface area contributed by atoms with Crippen molar-refractivity contribution in [2.45, 2.75) is 0 Å². The Hall–Kier alpha value is -2.54. The fourth-order valence-corrected chi connectivity index (χ4v) is 1.48. The van der Waals surface area contributed by atoms with Gasteiger partial charge < -0.3 is 9.64 Å². The van der Waals surface area contributed by atoms with Crippen LogP contribution in [0, 0.1) is 11.3 Å². The predicted octanol–water partition coefficient (Wildman–Crippen LogP) is 2.14. The van der Waals surface area contributed by atoms with E-state index < -0.39 is 0 Å². The second-order valence-corrected chi connectivity index (χ2v) is 3.80. The Bertz CT molecular complexity index is 493. The summed E-state index contributed by atoms with van der Waals surface area (Å²) in [7, 11) is 0. The van der Waals surface area contributed by atoms with Gasteiger partial charge in [0, 0.05) is 13.1 Å². The molecule has 0 bridgehead atoms. The maximum atomic E-state index is 11.9. The molecule has 0 saturated heterocycles. The van der Waals surface area contributed by atoms with Crippen molar-refractivity contribution in [2.75, 3.05) is 19.7 Å². The zero-order valence-corrected chi connectivity index (χ0v) is 10.7. The molecule has 0 radical (unpaired) electrons. The summed E-state index contributed by atoms with van der Waals surface area (Å²) in [6.07, 6.45) is 3.30. The Kier molecular flexibility index (Phi) is 5.90. The minimum atomic E-state index is -0.151. The van der Waals surface area contributed by atoms with Crippen LogP contribution in [0.2, 0.25) is 0 Å². The van der Waals surface area contributed by atoms with Gasteiger partial charge in [0.2, 0.25) is 0 Å². The van der Waals surface area contributed by atoms with E-state index in [-0.39, 0.29) is 12.5 Å². The topological polar surface area (TPSA) is 53.3 Å². The standard InChI is InChI=1S/C15H16N2O2/c1-3-8-17(9-4-2)15(18)12-19-14-7-5-6-13(10-14)11-16/h3-7,10H,1-2,8-9,12H2. The Balaban J connectivity index is 2.59. The van der Waals surface area contributed by atoms with Gasteiger partial charge in [-0.3, -0.25) is 4.79 Å². The van der Waals surface area contributed by atoms with E-state index in [0.717, 1.165) is 0 Å². The van der Waals surface area contributed by atoms with E-state index in [1.807, 2.05) is 6.07 Å². The molecule has 1 amide bonds. The van der Waals surface area contributed by atoms with Crippen molar-refractivity contribution < 1.29 is 9.53 Å². The molecule has 98 valence electrons. The predicted molar refractivity (Wildman–Crippen MR) is 73.6 cm³/mol. The molecule has 0 fully saturated rings. The van der Waals surface area contributed by atoms with Crippen LogP contribution in [-0.4, -0.2) is 30.5 Å². The minimum Gasteiger partial charge on any atom is -0.484 e. The van der Waals surface area contributed by atoms with Gasteiger partial charge in [-0.2, -0.15) is 5.26 Å². The zero-order chi connectivity index (χ0) is 14.1. The van der Waals surface area contributed by atoms with Crippen molar-refractivity contribution in [3.05, 3.63) is 55.1 Å². The van der Waals surface area contributed by atoms with Crippen LogP contribution >= 0.6 is 0 Å². The van der Waals surface area contributed by atoms with Crippen molar-refractivity contribution in [2.24, 2.45) is 0 Å². The summed E-state index contributed by atoms with van der Waals surface area (Å²) in [6.45, 7) is 8.03. The number of amides is 1. The summed E-state index contributed by atoms with van der Waals surface area (Å²) in [4.78, 5) is 13.5. The zero-order valence-electron chi connectivity index (χ0n) is 10.7. The molecule has 1 rings (SSSR count). The lowest BCUT2D eigenvalue weighted by atomic mass is 10.2. The van der Waals surface area contributed by atoms with Gasteiger partial charge in [0.15, 0.2) is 6.61 Å². The fourth-order valence-electron chi connectivity index (χ4n) is 1.48. The van der Waals surface area contributed by atoms with Gasteiger partial charge in [0.25, 0.3) is 5.91 Å². The van der Waals surface area contributed by atoms with Gasteiger partial charge in [0.1, 0.15) is 5.75 Å². The van der Waals surface area contributed by atoms with Gasteiger partial charge in [-0.15, -0.1) is 13.2 Å². The Morgan fingerprint density at radius 3 is 2.63 bits per heavy atom. The molecule has 1 aromatic carbocycles. The normalized spacial score (nSPS) is 9.21. The van der Waals surface area contributed by atoms with E-state index in [4.69, 9.17) is 10.00 Å². The summed E-state index contributed by atoms with van der Waals surface area (Å²) in [5.74, 6) is 0.353. The van der Waals surface area contributed by atoms with Crippen molar-refractivity contribution >= 4 is 5.91 Å². The summed E-state index contributed by atoms with van der Waals surface area (Å²) >= 11 is 0. The molecule has 0 aliphatic carbocycles. The van der Waals surface area contributed by atoms with E-state index in [1.54, 1.807) is 41.3 Å². The third-order valence-corrected chi connectivity index (χ3v) is 2.38. The van der Waals surface area contributed by atoms with Crippen molar-refractivity contribution in [1.82, 2.24) is 4.90 Å². The number of nitrogens with zero attached hydrogens (tertiary/aromatic N) is 2. The average Bonchev–Trinajstić information content (AvgIpc) is 2.44. The number of carbonyl (C=O) groups is 1. The van der Waals surface area contributed by atoms with E-state index in [9.17, 15) is 4.79 Å². The number of carbonyl (C=O) groups excluding carboxylic acids is 1. The molecule has 0 atom stereocenters. The van der Waals surface area contributed by atoms with E-state index >= 15 is 0 Å². The highest BCUT2D eigenvalue weighted by Crippen LogP contribution is 2.12. The van der Waals surface area contributed by atoms with Crippen molar-refractivity contribution in [3.8, 4) is 11.8 Å². The lowest BCUT2D eigenvalue weighted by Crippen LogP contribution is -2.35. The molecule has 4 heteroatoms. The Labute approximate surface area is 113 Å². The first-order valence-corrected chi connectivity index (χ1v) is 5.83. The Morgan fingerprint density at radius 2 is 2.05 bits per heavy atom. The monoisotopic (exact) mass is 256 g/mol. The van der Waals surface area contributed by atoms with Gasteiger partial charge in [-0.25, -0.2) is 0 Å². The molecular formula is C15H16N2O2. The lowest BCUT2D eigenvalue weighted by Gasteiger charge is -2.19. The van der Waals surface area contributed by atoms with Gasteiger partial charge >= 0.3 is 0 Å². The fraction of sp³-hybridized carbons (Fsp3) is 0.200. The maximum absolute atomic E-state index is 11.9. The second-order valence-electron chi connectivity index (χ2n) is 3.80. The minimum absolute atomic E-state index is 0.0729.